The lowest BCUT2D eigenvalue weighted by molar-refractivity contribution is -0.131. The number of hydrogen-bond acceptors (Lipinski definition) is 1. The van der Waals surface area contributed by atoms with Crippen molar-refractivity contribution in [3.05, 3.63) is 24.3 Å². The average Bonchev–Trinajstić information content (AvgIpc) is 1.87. The van der Waals surface area contributed by atoms with E-state index >= 15 is 0 Å². The van der Waals surface area contributed by atoms with E-state index in [0.717, 1.165) is 12.8 Å². The molecule has 3 heteroatoms. The first-order valence-corrected chi connectivity index (χ1v) is 3.28. The van der Waals surface area contributed by atoms with Crippen LogP contribution in [0.15, 0.2) is 24.3 Å². The van der Waals surface area contributed by atoms with E-state index in [1.807, 2.05) is 19.1 Å². The number of carboxylic acid groups (broad SMARTS) is 1. The van der Waals surface area contributed by atoms with Gasteiger partial charge in [-0.05, 0) is 19.8 Å². The Morgan fingerprint density at radius 1 is 1.36 bits per heavy atom. The zero-order valence-electron chi connectivity index (χ0n) is 6.49. The summed E-state index contributed by atoms with van der Waals surface area (Å²) in [5.41, 5.74) is 0. The first-order chi connectivity index (χ1) is 4.77. The van der Waals surface area contributed by atoms with E-state index in [2.05, 4.69) is 0 Å². The van der Waals surface area contributed by atoms with Crippen LogP contribution in [-0.2, 0) is 4.79 Å². The number of allylic oxidation sites excluding steroid dienone is 3. The Balaban J connectivity index is 0. The number of halogens is 1. The van der Waals surface area contributed by atoms with E-state index in [4.69, 9.17) is 5.11 Å². The largest absolute Gasteiger partial charge is 0.478 e. The van der Waals surface area contributed by atoms with E-state index in [9.17, 15) is 4.79 Å². The summed E-state index contributed by atoms with van der Waals surface area (Å²) in [6.45, 7) is 1.95. The Kier molecular flexibility index (Phi) is 10.8. The molecule has 0 aromatic heterocycles. The predicted molar refractivity (Wildman–Crippen MR) is 48.1 cm³/mol. The second-order valence-electron chi connectivity index (χ2n) is 1.89. The highest BCUT2D eigenvalue weighted by atomic mass is 35.5. The summed E-state index contributed by atoms with van der Waals surface area (Å²) in [5, 5.41) is 8.17. The Hall–Kier alpha value is -0.760. The minimum atomic E-state index is -0.875. The van der Waals surface area contributed by atoms with Crippen LogP contribution in [-0.4, -0.2) is 11.1 Å². The summed E-state index contributed by atoms with van der Waals surface area (Å²) >= 11 is 0. The number of carbonyl (C=O) groups is 1. The van der Waals surface area contributed by atoms with Crippen molar-refractivity contribution in [1.82, 2.24) is 0 Å². The lowest BCUT2D eigenvalue weighted by Crippen LogP contribution is -1.84. The molecule has 64 valence electrons. The predicted octanol–water partition coefficient (Wildman–Crippen LogP) is 2.41. The third-order valence-corrected chi connectivity index (χ3v) is 0.996. The van der Waals surface area contributed by atoms with Crippen LogP contribution >= 0.6 is 12.4 Å². The molecule has 0 radical (unpaired) electrons. The average molecular weight is 177 g/mol. The normalized spacial score (nSPS) is 10.3. The maximum Gasteiger partial charge on any atom is 0.327 e. The van der Waals surface area contributed by atoms with Gasteiger partial charge in [0.05, 0.1) is 0 Å². The molecule has 0 saturated heterocycles. The molecule has 0 heterocycles. The van der Waals surface area contributed by atoms with Crippen molar-refractivity contribution in [1.29, 1.82) is 0 Å². The maximum atomic E-state index is 9.93. The maximum absolute atomic E-state index is 9.93. The summed E-state index contributed by atoms with van der Waals surface area (Å²) in [4.78, 5) is 9.93. The summed E-state index contributed by atoms with van der Waals surface area (Å²) in [5.74, 6) is -0.875. The number of aliphatic carboxylic acids is 1. The van der Waals surface area contributed by atoms with E-state index < -0.39 is 5.97 Å². The fourth-order valence-corrected chi connectivity index (χ4v) is 0.543. The number of unbranched alkanes of at least 4 members (excludes halogenated alkanes) is 1. The van der Waals surface area contributed by atoms with E-state index in [-0.39, 0.29) is 12.4 Å². The van der Waals surface area contributed by atoms with Gasteiger partial charge in [-0.15, -0.1) is 12.4 Å². The van der Waals surface area contributed by atoms with Gasteiger partial charge in [-0.25, -0.2) is 4.79 Å². The first-order valence-electron chi connectivity index (χ1n) is 3.28. The molecule has 0 bridgehead atoms. The molecule has 0 aliphatic carbocycles. The van der Waals surface area contributed by atoms with Crippen molar-refractivity contribution in [2.75, 3.05) is 0 Å². The van der Waals surface area contributed by atoms with Gasteiger partial charge in [0.15, 0.2) is 0 Å². The van der Waals surface area contributed by atoms with Crippen LogP contribution in [0.5, 0.6) is 0 Å². The highest BCUT2D eigenvalue weighted by Crippen LogP contribution is 1.91. The van der Waals surface area contributed by atoms with Gasteiger partial charge in [-0.3, -0.25) is 0 Å². The van der Waals surface area contributed by atoms with Crippen LogP contribution in [0.25, 0.3) is 0 Å². The summed E-state index contributed by atoms with van der Waals surface area (Å²) < 4.78 is 0. The van der Waals surface area contributed by atoms with Gasteiger partial charge in [0.25, 0.3) is 0 Å². The third kappa shape index (κ3) is 12.4. The van der Waals surface area contributed by atoms with Crippen molar-refractivity contribution < 1.29 is 9.90 Å². The van der Waals surface area contributed by atoms with Gasteiger partial charge in [0, 0.05) is 6.08 Å². The fraction of sp³-hybridized carbons (Fsp3) is 0.375. The van der Waals surface area contributed by atoms with Crippen molar-refractivity contribution in [3.8, 4) is 0 Å². The zero-order valence-corrected chi connectivity index (χ0v) is 7.30. The van der Waals surface area contributed by atoms with Crippen molar-refractivity contribution in [2.45, 2.75) is 19.8 Å². The van der Waals surface area contributed by atoms with Crippen LogP contribution in [0.4, 0.5) is 0 Å². The second kappa shape index (κ2) is 9.24. The lowest BCUT2D eigenvalue weighted by atomic mass is 10.3. The highest BCUT2D eigenvalue weighted by molar-refractivity contribution is 5.85. The molecule has 0 rings (SSSR count). The zero-order chi connectivity index (χ0) is 7.82. The Bertz CT molecular complexity index is 150. The van der Waals surface area contributed by atoms with E-state index in [1.54, 1.807) is 6.08 Å². The molecule has 0 amide bonds. The van der Waals surface area contributed by atoms with Gasteiger partial charge in [0.1, 0.15) is 0 Å². The van der Waals surface area contributed by atoms with Gasteiger partial charge in [-0.2, -0.15) is 0 Å². The number of hydrogen-bond donors (Lipinski definition) is 1. The lowest BCUT2D eigenvalue weighted by Gasteiger charge is -1.82. The molecule has 2 nitrogen and oxygen atoms in total. The van der Waals surface area contributed by atoms with Crippen molar-refractivity contribution in [2.24, 2.45) is 0 Å². The van der Waals surface area contributed by atoms with E-state index in [1.165, 1.54) is 6.08 Å². The van der Waals surface area contributed by atoms with Gasteiger partial charge in [-0.1, -0.05) is 18.2 Å². The second-order valence-corrected chi connectivity index (χ2v) is 1.89. The molecule has 0 unspecified atom stereocenters. The fourth-order valence-electron chi connectivity index (χ4n) is 0.543. The van der Waals surface area contributed by atoms with Gasteiger partial charge < -0.3 is 5.11 Å². The first kappa shape index (κ1) is 12.9. The smallest absolute Gasteiger partial charge is 0.327 e. The SMILES string of the molecule is CC=CCCC=CC(=O)O.Cl. The molecule has 0 aromatic rings. The van der Waals surface area contributed by atoms with Crippen LogP contribution in [0.1, 0.15) is 19.8 Å². The number of carboxylic acids is 1. The standard InChI is InChI=1S/C8H12O2.ClH/c1-2-3-4-5-6-7-8(9)10;/h2-3,6-7H,4-5H2,1H3,(H,9,10);1H. The molecule has 0 spiro atoms. The van der Waals surface area contributed by atoms with Crippen LogP contribution < -0.4 is 0 Å². The number of rotatable bonds is 4. The van der Waals surface area contributed by atoms with Crippen molar-refractivity contribution in [3.63, 3.8) is 0 Å². The molecule has 0 aliphatic heterocycles. The Morgan fingerprint density at radius 3 is 2.36 bits per heavy atom. The summed E-state index contributed by atoms with van der Waals surface area (Å²) in [6, 6.07) is 0. The minimum absolute atomic E-state index is 0. The molecule has 0 aliphatic rings. The van der Waals surface area contributed by atoms with Gasteiger partial charge >= 0.3 is 5.97 Å². The van der Waals surface area contributed by atoms with Crippen molar-refractivity contribution >= 4 is 18.4 Å². The summed E-state index contributed by atoms with van der Waals surface area (Å²) in [6.07, 6.45) is 8.50. The Labute approximate surface area is 73.0 Å². The molecule has 11 heavy (non-hydrogen) atoms. The molecule has 0 fully saturated rings. The minimum Gasteiger partial charge on any atom is -0.478 e. The molecule has 0 aromatic carbocycles. The monoisotopic (exact) mass is 176 g/mol. The van der Waals surface area contributed by atoms with Gasteiger partial charge in [0.2, 0.25) is 0 Å². The Morgan fingerprint density at radius 2 is 1.91 bits per heavy atom. The van der Waals surface area contributed by atoms with Crippen LogP contribution in [0.2, 0.25) is 0 Å². The summed E-state index contributed by atoms with van der Waals surface area (Å²) in [7, 11) is 0. The van der Waals surface area contributed by atoms with Crippen LogP contribution in [0.3, 0.4) is 0 Å². The highest BCUT2D eigenvalue weighted by Gasteiger charge is 1.82. The molecular weight excluding hydrogens is 164 g/mol. The van der Waals surface area contributed by atoms with Crippen LogP contribution in [0, 0.1) is 0 Å². The quantitative estimate of drug-likeness (QED) is 0.406. The molecular formula is C8H13ClO2. The molecule has 0 saturated carbocycles. The third-order valence-electron chi connectivity index (χ3n) is 0.996. The molecule has 0 atom stereocenters. The topological polar surface area (TPSA) is 37.3 Å². The van der Waals surface area contributed by atoms with E-state index in [0.29, 0.717) is 0 Å². The molecule has 1 N–H and O–H groups in total.